The Hall–Kier alpha value is -0.106. The van der Waals surface area contributed by atoms with Crippen molar-refractivity contribution in [2.75, 3.05) is 13.2 Å². The van der Waals surface area contributed by atoms with Crippen LogP contribution in [-0.4, -0.2) is 45.7 Å². The molecule has 16 heavy (non-hydrogen) atoms. The first-order chi connectivity index (χ1) is 7.06. The van der Waals surface area contributed by atoms with Crippen LogP contribution < -0.4 is 0 Å². The molecule has 0 aromatic carbocycles. The molecular formula is C11H26O3Si2. The van der Waals surface area contributed by atoms with Crippen LogP contribution in [0.5, 0.6) is 0 Å². The molecule has 0 bridgehead atoms. The van der Waals surface area contributed by atoms with Gasteiger partial charge in [-0.3, -0.25) is 0 Å². The Morgan fingerprint density at radius 3 is 2.00 bits per heavy atom. The highest BCUT2D eigenvalue weighted by Gasteiger charge is 2.25. The SMILES string of the molecule is C[Si](C)(C)C=C(OCC(O)CO)[Si](C)(C)C. The Morgan fingerprint density at radius 1 is 1.19 bits per heavy atom. The summed E-state index contributed by atoms with van der Waals surface area (Å²) in [6, 6.07) is 0. The fourth-order valence-corrected chi connectivity index (χ4v) is 5.52. The maximum Gasteiger partial charge on any atom is 0.121 e. The van der Waals surface area contributed by atoms with Crippen LogP contribution in [0.25, 0.3) is 0 Å². The second-order valence-corrected chi connectivity index (χ2v) is 16.3. The van der Waals surface area contributed by atoms with Gasteiger partial charge < -0.3 is 14.9 Å². The third-order valence-electron chi connectivity index (χ3n) is 1.95. The number of rotatable bonds is 6. The van der Waals surface area contributed by atoms with Crippen molar-refractivity contribution in [3.05, 3.63) is 11.1 Å². The molecule has 0 spiro atoms. The van der Waals surface area contributed by atoms with E-state index in [1.54, 1.807) is 0 Å². The Labute approximate surface area is 101 Å². The summed E-state index contributed by atoms with van der Waals surface area (Å²) in [6.45, 7) is 13.4. The number of aliphatic hydroxyl groups excluding tert-OH is 2. The van der Waals surface area contributed by atoms with Crippen LogP contribution in [0, 0.1) is 0 Å². The van der Waals surface area contributed by atoms with Crippen LogP contribution in [0.15, 0.2) is 11.1 Å². The molecule has 0 rings (SSSR count). The van der Waals surface area contributed by atoms with Gasteiger partial charge in [-0.25, -0.2) is 0 Å². The quantitative estimate of drug-likeness (QED) is 0.568. The van der Waals surface area contributed by atoms with E-state index < -0.39 is 22.3 Å². The van der Waals surface area contributed by atoms with E-state index in [1.165, 1.54) is 0 Å². The molecule has 2 N–H and O–H groups in total. The van der Waals surface area contributed by atoms with Crippen molar-refractivity contribution in [3.8, 4) is 0 Å². The predicted molar refractivity (Wildman–Crippen MR) is 73.8 cm³/mol. The lowest BCUT2D eigenvalue weighted by Crippen LogP contribution is -2.32. The molecule has 0 saturated heterocycles. The molecule has 1 atom stereocenters. The minimum atomic E-state index is -1.50. The summed E-state index contributed by atoms with van der Waals surface area (Å²) in [5.41, 5.74) is 2.27. The highest BCUT2D eigenvalue weighted by atomic mass is 28.3. The fourth-order valence-electron chi connectivity index (χ4n) is 1.11. The molecule has 0 heterocycles. The predicted octanol–water partition coefficient (Wildman–Crippen LogP) is 1.99. The molecular weight excluding hydrogens is 236 g/mol. The second kappa shape index (κ2) is 6.00. The highest BCUT2D eigenvalue weighted by molar-refractivity contribution is 6.87. The van der Waals surface area contributed by atoms with Gasteiger partial charge in [0.25, 0.3) is 0 Å². The van der Waals surface area contributed by atoms with Gasteiger partial charge in [-0.2, -0.15) is 0 Å². The standard InChI is InChI=1S/C11H26O3Si2/c1-15(2,3)9-11(16(4,5)6)14-8-10(13)7-12/h9-10,12-13H,7-8H2,1-6H3. The summed E-state index contributed by atoms with van der Waals surface area (Å²) < 4.78 is 5.68. The Bertz CT molecular complexity index is 239. The zero-order valence-corrected chi connectivity index (χ0v) is 13.4. The molecule has 0 saturated carbocycles. The lowest BCUT2D eigenvalue weighted by atomic mass is 10.4. The summed E-state index contributed by atoms with van der Waals surface area (Å²) in [7, 11) is -2.80. The van der Waals surface area contributed by atoms with Crippen molar-refractivity contribution in [2.45, 2.75) is 45.4 Å². The van der Waals surface area contributed by atoms with E-state index in [1.807, 2.05) is 0 Å². The number of hydrogen-bond donors (Lipinski definition) is 2. The third-order valence-corrected chi connectivity index (χ3v) is 5.13. The number of aliphatic hydroxyl groups is 2. The Morgan fingerprint density at radius 2 is 1.69 bits per heavy atom. The zero-order valence-electron chi connectivity index (χ0n) is 11.4. The van der Waals surface area contributed by atoms with Crippen LogP contribution >= 0.6 is 0 Å². The average molecular weight is 262 g/mol. The number of ether oxygens (including phenoxy) is 1. The number of hydrogen-bond acceptors (Lipinski definition) is 3. The average Bonchev–Trinajstić information content (AvgIpc) is 2.08. The van der Waals surface area contributed by atoms with Crippen LogP contribution in [0.2, 0.25) is 39.3 Å². The van der Waals surface area contributed by atoms with Gasteiger partial charge in [0, 0.05) is 0 Å². The first-order valence-electron chi connectivity index (χ1n) is 5.71. The fraction of sp³-hybridized carbons (Fsp3) is 0.818. The van der Waals surface area contributed by atoms with E-state index in [-0.39, 0.29) is 13.2 Å². The molecule has 3 nitrogen and oxygen atoms in total. The van der Waals surface area contributed by atoms with Gasteiger partial charge in [-0.15, -0.1) is 0 Å². The van der Waals surface area contributed by atoms with Crippen molar-refractivity contribution in [2.24, 2.45) is 0 Å². The monoisotopic (exact) mass is 262 g/mol. The molecule has 0 radical (unpaired) electrons. The maximum atomic E-state index is 9.30. The largest absolute Gasteiger partial charge is 0.501 e. The molecule has 0 aliphatic rings. The topological polar surface area (TPSA) is 49.7 Å². The summed E-state index contributed by atoms with van der Waals surface area (Å²) in [5.74, 6) is 0. The van der Waals surface area contributed by atoms with Gasteiger partial charge in [-0.1, -0.05) is 45.0 Å². The van der Waals surface area contributed by atoms with E-state index in [2.05, 4.69) is 45.0 Å². The van der Waals surface area contributed by atoms with Crippen molar-refractivity contribution in [1.82, 2.24) is 0 Å². The lowest BCUT2D eigenvalue weighted by molar-refractivity contribution is 0.0347. The molecule has 0 aliphatic heterocycles. The second-order valence-electron chi connectivity index (χ2n) is 6.27. The van der Waals surface area contributed by atoms with Gasteiger partial charge in [-0.05, 0) is 0 Å². The molecule has 5 heteroatoms. The van der Waals surface area contributed by atoms with Gasteiger partial charge in [0.1, 0.15) is 20.8 Å². The van der Waals surface area contributed by atoms with Gasteiger partial charge in [0.2, 0.25) is 0 Å². The first kappa shape index (κ1) is 15.9. The van der Waals surface area contributed by atoms with Crippen molar-refractivity contribution in [3.63, 3.8) is 0 Å². The first-order valence-corrected chi connectivity index (χ1v) is 12.8. The Balaban J connectivity index is 4.66. The highest BCUT2D eigenvalue weighted by Crippen LogP contribution is 2.19. The van der Waals surface area contributed by atoms with E-state index in [9.17, 15) is 5.11 Å². The molecule has 0 aromatic heterocycles. The summed E-state index contributed by atoms with van der Waals surface area (Å²) in [6.07, 6.45) is -0.776. The molecule has 1 unspecified atom stereocenters. The molecule has 0 amide bonds. The summed E-state index contributed by atoms with van der Waals surface area (Å²) in [4.78, 5) is 0. The van der Waals surface area contributed by atoms with Crippen molar-refractivity contribution in [1.29, 1.82) is 0 Å². The van der Waals surface area contributed by atoms with Crippen molar-refractivity contribution < 1.29 is 14.9 Å². The molecule has 96 valence electrons. The minimum Gasteiger partial charge on any atom is -0.501 e. The van der Waals surface area contributed by atoms with Gasteiger partial charge >= 0.3 is 0 Å². The Kier molecular flexibility index (Phi) is 5.96. The van der Waals surface area contributed by atoms with Crippen LogP contribution in [-0.2, 0) is 4.74 Å². The lowest BCUT2D eigenvalue weighted by Gasteiger charge is -2.25. The maximum absolute atomic E-state index is 9.30. The minimum absolute atomic E-state index is 0.192. The van der Waals surface area contributed by atoms with E-state index in [4.69, 9.17) is 9.84 Å². The molecule has 0 aliphatic carbocycles. The zero-order chi connectivity index (χ0) is 13.0. The summed E-state index contributed by atoms with van der Waals surface area (Å²) >= 11 is 0. The normalized spacial score (nSPS) is 16.1. The molecule has 0 fully saturated rings. The summed E-state index contributed by atoms with van der Waals surface area (Å²) in [5, 5.41) is 19.1. The third kappa shape index (κ3) is 7.21. The van der Waals surface area contributed by atoms with Crippen LogP contribution in [0.4, 0.5) is 0 Å². The van der Waals surface area contributed by atoms with Gasteiger partial charge in [0.05, 0.1) is 20.1 Å². The van der Waals surface area contributed by atoms with E-state index >= 15 is 0 Å². The molecule has 0 aromatic rings. The smallest absolute Gasteiger partial charge is 0.121 e. The van der Waals surface area contributed by atoms with Crippen LogP contribution in [0.1, 0.15) is 0 Å². The van der Waals surface area contributed by atoms with E-state index in [0.29, 0.717) is 0 Å². The van der Waals surface area contributed by atoms with Gasteiger partial charge in [0.15, 0.2) is 0 Å². The van der Waals surface area contributed by atoms with E-state index in [0.717, 1.165) is 5.38 Å². The van der Waals surface area contributed by atoms with Crippen LogP contribution in [0.3, 0.4) is 0 Å². The van der Waals surface area contributed by atoms with Crippen molar-refractivity contribution >= 4 is 16.1 Å².